The summed E-state index contributed by atoms with van der Waals surface area (Å²) in [6.07, 6.45) is 4.09. The third-order valence-electron chi connectivity index (χ3n) is 3.65. The van der Waals surface area contributed by atoms with Crippen LogP contribution in [0.3, 0.4) is 0 Å². The summed E-state index contributed by atoms with van der Waals surface area (Å²) in [7, 11) is 3.95. The molecule has 0 aromatic carbocycles. The molecule has 19 heavy (non-hydrogen) atoms. The lowest BCUT2D eigenvalue weighted by molar-refractivity contribution is -0.131. The Labute approximate surface area is 114 Å². The molecule has 0 saturated carbocycles. The van der Waals surface area contributed by atoms with Crippen molar-refractivity contribution in [1.29, 1.82) is 0 Å². The van der Waals surface area contributed by atoms with Crippen LogP contribution in [0.5, 0.6) is 0 Å². The third kappa shape index (κ3) is 4.01. The summed E-state index contributed by atoms with van der Waals surface area (Å²) in [5, 5.41) is 3.34. The Bertz CT molecular complexity index is 409. The zero-order valence-electron chi connectivity index (χ0n) is 11.7. The van der Waals surface area contributed by atoms with Crippen molar-refractivity contribution in [2.45, 2.75) is 19.0 Å². The number of nitrogens with one attached hydrogen (secondary N) is 1. The van der Waals surface area contributed by atoms with Gasteiger partial charge in [0, 0.05) is 58.1 Å². The molecular weight excluding hydrogens is 240 g/mol. The van der Waals surface area contributed by atoms with Crippen LogP contribution in [-0.2, 0) is 11.3 Å². The molecule has 1 unspecified atom stereocenters. The van der Waals surface area contributed by atoms with Crippen molar-refractivity contribution in [2.75, 3.05) is 33.7 Å². The molecule has 1 saturated heterocycles. The zero-order chi connectivity index (χ0) is 13.7. The average Bonchev–Trinajstić information content (AvgIpc) is 2.42. The van der Waals surface area contributed by atoms with E-state index < -0.39 is 0 Å². The molecule has 1 fully saturated rings. The molecule has 0 bridgehead atoms. The van der Waals surface area contributed by atoms with Gasteiger partial charge in [0.25, 0.3) is 0 Å². The van der Waals surface area contributed by atoms with Gasteiger partial charge in [-0.15, -0.1) is 0 Å². The van der Waals surface area contributed by atoms with Crippen LogP contribution in [-0.4, -0.2) is 60.5 Å². The number of likely N-dealkylation sites (N-methyl/N-ethyl adjacent to an activating group) is 1. The minimum absolute atomic E-state index is 0.192. The van der Waals surface area contributed by atoms with E-state index in [1.165, 1.54) is 0 Å². The monoisotopic (exact) mass is 262 g/mol. The van der Waals surface area contributed by atoms with Crippen molar-refractivity contribution >= 4 is 5.91 Å². The largest absolute Gasteiger partial charge is 0.341 e. The summed E-state index contributed by atoms with van der Waals surface area (Å²) in [4.78, 5) is 20.2. The van der Waals surface area contributed by atoms with Crippen molar-refractivity contribution < 1.29 is 4.79 Å². The fourth-order valence-electron chi connectivity index (χ4n) is 2.30. The first-order valence-corrected chi connectivity index (χ1v) is 6.70. The normalized spacial score (nSPS) is 20.2. The fourth-order valence-corrected chi connectivity index (χ4v) is 2.30. The molecule has 1 aliphatic rings. The zero-order valence-corrected chi connectivity index (χ0v) is 11.7. The molecular formula is C14H22N4O. The van der Waals surface area contributed by atoms with E-state index >= 15 is 0 Å². The van der Waals surface area contributed by atoms with Crippen LogP contribution in [0.25, 0.3) is 0 Å². The number of aromatic nitrogens is 1. The number of piperazine rings is 1. The second-order valence-electron chi connectivity index (χ2n) is 5.15. The maximum Gasteiger partial charge on any atom is 0.224 e. The van der Waals surface area contributed by atoms with Crippen LogP contribution in [0.2, 0.25) is 0 Å². The van der Waals surface area contributed by atoms with Crippen molar-refractivity contribution in [3.05, 3.63) is 30.1 Å². The Morgan fingerprint density at radius 3 is 2.95 bits per heavy atom. The molecule has 1 aliphatic heterocycles. The lowest BCUT2D eigenvalue weighted by Gasteiger charge is -2.33. The highest BCUT2D eigenvalue weighted by Crippen LogP contribution is 2.09. The van der Waals surface area contributed by atoms with Crippen LogP contribution >= 0.6 is 0 Å². The second-order valence-corrected chi connectivity index (χ2v) is 5.15. The van der Waals surface area contributed by atoms with Gasteiger partial charge in [0.1, 0.15) is 0 Å². The molecule has 5 nitrogen and oxygen atoms in total. The van der Waals surface area contributed by atoms with E-state index in [1.807, 2.05) is 19.2 Å². The first-order chi connectivity index (χ1) is 9.16. The SMILES string of the molecule is CN(Cc1ccncc1)C(=O)CC1CNCCN1C. The first kappa shape index (κ1) is 14.0. The number of hydrogen-bond acceptors (Lipinski definition) is 4. The Hall–Kier alpha value is -1.46. The van der Waals surface area contributed by atoms with Gasteiger partial charge < -0.3 is 15.1 Å². The summed E-state index contributed by atoms with van der Waals surface area (Å²) in [5.74, 6) is 0.192. The topological polar surface area (TPSA) is 48.5 Å². The Morgan fingerprint density at radius 1 is 1.53 bits per heavy atom. The number of carbonyl (C=O) groups is 1. The highest BCUT2D eigenvalue weighted by atomic mass is 16.2. The van der Waals surface area contributed by atoms with Crippen LogP contribution in [0, 0.1) is 0 Å². The van der Waals surface area contributed by atoms with Crippen molar-refractivity contribution in [3.8, 4) is 0 Å². The molecule has 2 heterocycles. The van der Waals surface area contributed by atoms with Crippen molar-refractivity contribution in [3.63, 3.8) is 0 Å². The number of rotatable bonds is 4. The van der Waals surface area contributed by atoms with Gasteiger partial charge in [-0.05, 0) is 24.7 Å². The Kier molecular flexibility index (Phi) is 4.87. The van der Waals surface area contributed by atoms with Crippen LogP contribution < -0.4 is 5.32 Å². The van der Waals surface area contributed by atoms with E-state index in [-0.39, 0.29) is 5.91 Å². The first-order valence-electron chi connectivity index (χ1n) is 6.70. The molecule has 2 rings (SSSR count). The predicted octanol–water partition coefficient (Wildman–Crippen LogP) is 0.334. The van der Waals surface area contributed by atoms with E-state index in [1.54, 1.807) is 17.3 Å². The van der Waals surface area contributed by atoms with Gasteiger partial charge in [0.2, 0.25) is 5.91 Å². The fraction of sp³-hybridized carbons (Fsp3) is 0.571. The molecule has 1 aromatic rings. The number of pyridine rings is 1. The van der Waals surface area contributed by atoms with Gasteiger partial charge in [-0.2, -0.15) is 0 Å². The average molecular weight is 262 g/mol. The minimum Gasteiger partial charge on any atom is -0.341 e. The molecule has 104 valence electrons. The summed E-state index contributed by atoms with van der Waals surface area (Å²) in [6.45, 7) is 3.55. The molecule has 1 aromatic heterocycles. The van der Waals surface area contributed by atoms with Crippen molar-refractivity contribution in [1.82, 2.24) is 20.1 Å². The van der Waals surface area contributed by atoms with Crippen LogP contribution in [0.4, 0.5) is 0 Å². The second kappa shape index (κ2) is 6.63. The van der Waals surface area contributed by atoms with E-state index in [9.17, 15) is 4.79 Å². The van der Waals surface area contributed by atoms with Gasteiger partial charge in [-0.1, -0.05) is 0 Å². The van der Waals surface area contributed by atoms with Gasteiger partial charge in [0.15, 0.2) is 0 Å². The van der Waals surface area contributed by atoms with Gasteiger partial charge in [-0.3, -0.25) is 9.78 Å². The number of amides is 1. The lowest BCUT2D eigenvalue weighted by Crippen LogP contribution is -2.51. The summed E-state index contributed by atoms with van der Waals surface area (Å²) in [5.41, 5.74) is 1.11. The minimum atomic E-state index is 0.192. The molecule has 1 N–H and O–H groups in total. The number of hydrogen-bond donors (Lipinski definition) is 1. The van der Waals surface area contributed by atoms with Crippen LogP contribution in [0.15, 0.2) is 24.5 Å². The molecule has 5 heteroatoms. The molecule has 0 spiro atoms. The maximum atomic E-state index is 12.2. The van der Waals surface area contributed by atoms with E-state index in [4.69, 9.17) is 0 Å². The number of carbonyl (C=O) groups excluding carboxylic acids is 1. The summed E-state index contributed by atoms with van der Waals surface area (Å²) >= 11 is 0. The van der Waals surface area contributed by atoms with Crippen LogP contribution in [0.1, 0.15) is 12.0 Å². The molecule has 0 aliphatic carbocycles. The molecule has 1 amide bonds. The Morgan fingerprint density at radius 2 is 2.26 bits per heavy atom. The molecule has 0 radical (unpaired) electrons. The smallest absolute Gasteiger partial charge is 0.224 e. The quantitative estimate of drug-likeness (QED) is 0.850. The maximum absolute atomic E-state index is 12.2. The highest BCUT2D eigenvalue weighted by molar-refractivity contribution is 5.76. The predicted molar refractivity (Wildman–Crippen MR) is 74.6 cm³/mol. The van der Waals surface area contributed by atoms with E-state index in [2.05, 4.69) is 22.2 Å². The van der Waals surface area contributed by atoms with Crippen molar-refractivity contribution in [2.24, 2.45) is 0 Å². The highest BCUT2D eigenvalue weighted by Gasteiger charge is 2.22. The Balaban J connectivity index is 1.85. The molecule has 1 atom stereocenters. The van der Waals surface area contributed by atoms with Gasteiger partial charge in [0.05, 0.1) is 0 Å². The van der Waals surface area contributed by atoms with E-state index in [0.717, 1.165) is 25.2 Å². The van der Waals surface area contributed by atoms with Gasteiger partial charge in [-0.25, -0.2) is 0 Å². The van der Waals surface area contributed by atoms with E-state index in [0.29, 0.717) is 19.0 Å². The van der Waals surface area contributed by atoms with Gasteiger partial charge >= 0.3 is 0 Å². The number of nitrogens with zero attached hydrogens (tertiary/aromatic N) is 3. The lowest BCUT2D eigenvalue weighted by atomic mass is 10.1. The standard InChI is InChI=1S/C14H22N4O/c1-17-8-7-16-10-13(17)9-14(19)18(2)11-12-3-5-15-6-4-12/h3-6,13,16H,7-11H2,1-2H3. The third-order valence-corrected chi connectivity index (χ3v) is 3.65. The summed E-state index contributed by atoms with van der Waals surface area (Å²) in [6, 6.07) is 4.19. The summed E-state index contributed by atoms with van der Waals surface area (Å²) < 4.78 is 0.